The van der Waals surface area contributed by atoms with Crippen molar-refractivity contribution in [3.63, 3.8) is 0 Å². The first-order chi connectivity index (χ1) is 5.40. The predicted molar refractivity (Wildman–Crippen MR) is 42.5 cm³/mol. The molecule has 0 amide bonds. The van der Waals surface area contributed by atoms with E-state index < -0.39 is 24.6 Å². The van der Waals surface area contributed by atoms with Gasteiger partial charge in [-0.05, 0) is 6.92 Å². The first kappa shape index (κ1) is 15.0. The molecule has 0 rings (SSSR count). The zero-order valence-corrected chi connectivity index (χ0v) is 7.74. The maximum atomic E-state index is 12.7. The van der Waals surface area contributed by atoms with Gasteiger partial charge >= 0.3 is 5.97 Å². The molecule has 0 aliphatic heterocycles. The second-order valence-corrected chi connectivity index (χ2v) is 2.18. The second kappa shape index (κ2) is 6.04. The fraction of sp³-hybridized carbons (Fsp3) is 0.833. The van der Waals surface area contributed by atoms with Crippen LogP contribution in [-0.2, 0) is 9.53 Å². The van der Waals surface area contributed by atoms with Gasteiger partial charge in [0.2, 0.25) is 6.43 Å². The van der Waals surface area contributed by atoms with Crippen LogP contribution in [0.5, 0.6) is 0 Å². The Bertz CT molecular complexity index is 166. The molecular formula is C6H11ClF3NO2. The number of rotatable bonds is 4. The minimum atomic E-state index is -3.08. The van der Waals surface area contributed by atoms with Crippen molar-refractivity contribution in [2.45, 2.75) is 25.6 Å². The van der Waals surface area contributed by atoms with Gasteiger partial charge in [0.1, 0.15) is 0 Å². The Morgan fingerprint density at radius 2 is 2.08 bits per heavy atom. The molecule has 0 spiro atoms. The van der Waals surface area contributed by atoms with E-state index >= 15 is 0 Å². The molecule has 0 aliphatic carbocycles. The third-order valence-electron chi connectivity index (χ3n) is 1.07. The number of ether oxygens (including phenoxy) is 1. The molecule has 0 aromatic carbocycles. The van der Waals surface area contributed by atoms with Crippen LogP contribution in [0.15, 0.2) is 0 Å². The second-order valence-electron chi connectivity index (χ2n) is 2.18. The molecule has 0 aromatic rings. The maximum Gasteiger partial charge on any atom is 0.359 e. The summed E-state index contributed by atoms with van der Waals surface area (Å²) in [6.45, 7) is 1.33. The van der Waals surface area contributed by atoms with Crippen LogP contribution in [0.1, 0.15) is 13.3 Å². The number of carbonyl (C=O) groups excluding carboxylic acids is 1. The molecule has 0 fully saturated rings. The summed E-state index contributed by atoms with van der Waals surface area (Å²) in [5, 5.41) is 0. The van der Waals surface area contributed by atoms with Gasteiger partial charge in [0.25, 0.3) is 5.79 Å². The molecule has 80 valence electrons. The molecule has 1 atom stereocenters. The van der Waals surface area contributed by atoms with Gasteiger partial charge in [-0.15, -0.1) is 12.4 Å². The molecule has 3 nitrogen and oxygen atoms in total. The molecule has 7 heteroatoms. The van der Waals surface area contributed by atoms with Crippen molar-refractivity contribution < 1.29 is 22.7 Å². The van der Waals surface area contributed by atoms with Crippen LogP contribution in [0.3, 0.4) is 0 Å². The molecule has 1 unspecified atom stereocenters. The van der Waals surface area contributed by atoms with Crippen LogP contribution in [0, 0.1) is 0 Å². The molecule has 0 aromatic heterocycles. The number of nitrogens with two attached hydrogens (primary N) is 1. The Morgan fingerprint density at radius 3 is 2.38 bits per heavy atom. The lowest BCUT2D eigenvalue weighted by Crippen LogP contribution is -2.46. The van der Waals surface area contributed by atoms with Crippen LogP contribution in [0.25, 0.3) is 0 Å². The Hall–Kier alpha value is -0.490. The van der Waals surface area contributed by atoms with Gasteiger partial charge in [-0.25, -0.2) is 18.0 Å². The van der Waals surface area contributed by atoms with Gasteiger partial charge in [0, 0.05) is 0 Å². The van der Waals surface area contributed by atoms with E-state index in [0.717, 1.165) is 0 Å². The van der Waals surface area contributed by atoms with Gasteiger partial charge in [0.15, 0.2) is 0 Å². The van der Waals surface area contributed by atoms with E-state index in [1.54, 1.807) is 0 Å². The Labute approximate surface area is 79.8 Å². The monoisotopic (exact) mass is 221 g/mol. The topological polar surface area (TPSA) is 52.3 Å². The van der Waals surface area contributed by atoms with E-state index in [1.165, 1.54) is 6.92 Å². The highest BCUT2D eigenvalue weighted by atomic mass is 35.5. The minimum Gasteiger partial charge on any atom is -0.463 e. The van der Waals surface area contributed by atoms with Crippen molar-refractivity contribution in [3.8, 4) is 0 Å². The van der Waals surface area contributed by atoms with Crippen molar-refractivity contribution in [1.82, 2.24) is 0 Å². The first-order valence-corrected chi connectivity index (χ1v) is 3.33. The number of halogens is 4. The highest BCUT2D eigenvalue weighted by Gasteiger charge is 2.38. The Balaban J connectivity index is 0. The lowest BCUT2D eigenvalue weighted by atomic mass is 10.2. The Kier molecular flexibility index (Phi) is 6.97. The summed E-state index contributed by atoms with van der Waals surface area (Å²) >= 11 is 0. The van der Waals surface area contributed by atoms with Crippen LogP contribution in [-0.4, -0.2) is 24.8 Å². The summed E-state index contributed by atoms with van der Waals surface area (Å²) in [6.07, 6.45) is -4.31. The third-order valence-corrected chi connectivity index (χ3v) is 1.07. The van der Waals surface area contributed by atoms with E-state index in [2.05, 4.69) is 10.5 Å². The predicted octanol–water partition coefficient (Wildman–Crippen LogP) is 1.25. The number of hydrogen-bond acceptors (Lipinski definition) is 3. The summed E-state index contributed by atoms with van der Waals surface area (Å²) in [5.41, 5.74) is 4.63. The van der Waals surface area contributed by atoms with Gasteiger partial charge in [-0.1, -0.05) is 0 Å². The van der Waals surface area contributed by atoms with Crippen LogP contribution in [0.4, 0.5) is 13.2 Å². The number of alkyl halides is 3. The van der Waals surface area contributed by atoms with Gasteiger partial charge in [0.05, 0.1) is 13.0 Å². The molecule has 0 aliphatic rings. The zero-order chi connectivity index (χ0) is 9.78. The van der Waals surface area contributed by atoms with E-state index in [9.17, 15) is 18.0 Å². The molecule has 13 heavy (non-hydrogen) atoms. The quantitative estimate of drug-likeness (QED) is 0.574. The number of hydrogen-bond donors (Lipinski definition) is 1. The SMILES string of the molecule is CCOC(=O)C(N)(F)CC(F)F.Cl. The molecule has 0 heterocycles. The summed E-state index contributed by atoms with van der Waals surface area (Å²) in [7, 11) is 0. The molecule has 0 saturated heterocycles. The zero-order valence-electron chi connectivity index (χ0n) is 6.93. The average molecular weight is 222 g/mol. The van der Waals surface area contributed by atoms with E-state index in [1.807, 2.05) is 0 Å². The average Bonchev–Trinajstić information content (AvgIpc) is 1.85. The number of carbonyl (C=O) groups is 1. The van der Waals surface area contributed by atoms with E-state index in [-0.39, 0.29) is 19.0 Å². The maximum absolute atomic E-state index is 12.7. The van der Waals surface area contributed by atoms with Crippen molar-refractivity contribution in [2.75, 3.05) is 6.61 Å². The van der Waals surface area contributed by atoms with Crippen molar-refractivity contribution >= 4 is 18.4 Å². The van der Waals surface area contributed by atoms with Crippen molar-refractivity contribution in [3.05, 3.63) is 0 Å². The highest BCUT2D eigenvalue weighted by Crippen LogP contribution is 2.16. The lowest BCUT2D eigenvalue weighted by Gasteiger charge is -2.16. The fourth-order valence-corrected chi connectivity index (χ4v) is 0.559. The smallest absolute Gasteiger partial charge is 0.359 e. The van der Waals surface area contributed by atoms with Crippen molar-refractivity contribution in [2.24, 2.45) is 5.73 Å². The minimum absolute atomic E-state index is 0. The van der Waals surface area contributed by atoms with E-state index in [4.69, 9.17) is 0 Å². The standard InChI is InChI=1S/C6H10F3NO2.ClH/c1-2-12-5(11)6(9,10)3-4(7)8;/h4H,2-3,10H2,1H3;1H. The lowest BCUT2D eigenvalue weighted by molar-refractivity contribution is -0.159. The van der Waals surface area contributed by atoms with Gasteiger partial charge in [-0.3, -0.25) is 5.73 Å². The van der Waals surface area contributed by atoms with Crippen LogP contribution < -0.4 is 5.73 Å². The summed E-state index contributed by atoms with van der Waals surface area (Å²) in [4.78, 5) is 10.5. The van der Waals surface area contributed by atoms with Crippen LogP contribution in [0.2, 0.25) is 0 Å². The first-order valence-electron chi connectivity index (χ1n) is 3.33. The van der Waals surface area contributed by atoms with E-state index in [0.29, 0.717) is 0 Å². The number of esters is 1. The van der Waals surface area contributed by atoms with Crippen molar-refractivity contribution in [1.29, 1.82) is 0 Å². The molecule has 0 radical (unpaired) electrons. The molecular weight excluding hydrogens is 211 g/mol. The normalized spacial score (nSPS) is 14.6. The fourth-order valence-electron chi connectivity index (χ4n) is 0.559. The molecule has 0 saturated carbocycles. The molecule has 2 N–H and O–H groups in total. The summed E-state index contributed by atoms with van der Waals surface area (Å²) < 4.78 is 40.1. The van der Waals surface area contributed by atoms with Gasteiger partial charge in [-0.2, -0.15) is 0 Å². The molecule has 0 bridgehead atoms. The van der Waals surface area contributed by atoms with Crippen LogP contribution >= 0.6 is 12.4 Å². The Morgan fingerprint density at radius 1 is 1.62 bits per heavy atom. The summed E-state index contributed by atoms with van der Waals surface area (Å²) in [6, 6.07) is 0. The largest absolute Gasteiger partial charge is 0.463 e. The third kappa shape index (κ3) is 5.70. The summed E-state index contributed by atoms with van der Waals surface area (Å²) in [5.74, 6) is -4.53. The highest BCUT2D eigenvalue weighted by molar-refractivity contribution is 5.85. The van der Waals surface area contributed by atoms with Gasteiger partial charge < -0.3 is 4.74 Å².